The van der Waals surface area contributed by atoms with Crippen LogP contribution in [0.4, 0.5) is 0 Å². The highest BCUT2D eigenvalue weighted by Gasteiger charge is 2.22. The third kappa shape index (κ3) is 6.63. The first kappa shape index (κ1) is 34.7. The van der Waals surface area contributed by atoms with Crippen molar-refractivity contribution in [3.05, 3.63) is 219 Å². The summed E-state index contributed by atoms with van der Waals surface area (Å²) in [7, 11) is 0. The molecule has 0 radical (unpaired) electrons. The number of aromatic nitrogens is 4. The summed E-state index contributed by atoms with van der Waals surface area (Å²) < 4.78 is 0. The molecule has 0 atom stereocenters. The van der Waals surface area contributed by atoms with Crippen LogP contribution in [0, 0.1) is 0 Å². The average molecular weight is 741 g/mol. The molecule has 0 saturated heterocycles. The summed E-state index contributed by atoms with van der Waals surface area (Å²) in [6.45, 7) is 0. The molecule has 3 heterocycles. The van der Waals surface area contributed by atoms with Crippen LogP contribution in [0.1, 0.15) is 0 Å². The van der Waals surface area contributed by atoms with E-state index in [0.717, 1.165) is 100 Å². The number of pyridine rings is 2. The fourth-order valence-corrected chi connectivity index (χ4v) is 7.86. The maximum Gasteiger partial charge on any atom is 0.0979 e. The van der Waals surface area contributed by atoms with Gasteiger partial charge in [0, 0.05) is 47.0 Å². The molecule has 10 aromatic rings. The fraction of sp³-hybridized carbons (Fsp3) is 0. The minimum absolute atomic E-state index is 0.811. The highest BCUT2D eigenvalue weighted by Crippen LogP contribution is 2.43. The molecule has 7 aromatic carbocycles. The van der Waals surface area contributed by atoms with E-state index in [0.29, 0.717) is 0 Å². The van der Waals surface area contributed by atoms with Crippen LogP contribution in [0.25, 0.3) is 100 Å². The molecule has 3 aromatic heterocycles. The summed E-state index contributed by atoms with van der Waals surface area (Å²) in [5.41, 5.74) is 18.4. The molecule has 10 rings (SSSR count). The zero-order valence-electron chi connectivity index (χ0n) is 31.6. The van der Waals surface area contributed by atoms with Gasteiger partial charge < -0.3 is 0 Å². The Morgan fingerprint density at radius 2 is 0.569 bits per heavy atom. The van der Waals surface area contributed by atoms with Crippen molar-refractivity contribution in [3.63, 3.8) is 0 Å². The highest BCUT2D eigenvalue weighted by atomic mass is 14.8. The van der Waals surface area contributed by atoms with E-state index in [9.17, 15) is 0 Å². The number of hydrogen-bond donors (Lipinski definition) is 0. The molecule has 0 aliphatic rings. The van der Waals surface area contributed by atoms with Crippen LogP contribution in [-0.2, 0) is 0 Å². The van der Waals surface area contributed by atoms with Gasteiger partial charge in [-0.05, 0) is 67.8 Å². The maximum absolute atomic E-state index is 5.72. The van der Waals surface area contributed by atoms with Crippen molar-refractivity contribution in [1.82, 2.24) is 19.9 Å². The van der Waals surface area contributed by atoms with Crippen LogP contribution < -0.4 is 0 Å². The first-order chi connectivity index (χ1) is 28.8. The van der Waals surface area contributed by atoms with Gasteiger partial charge in [-0.1, -0.05) is 182 Å². The summed E-state index contributed by atoms with van der Waals surface area (Å²) >= 11 is 0. The zero-order chi connectivity index (χ0) is 38.7. The van der Waals surface area contributed by atoms with Gasteiger partial charge in [0.2, 0.25) is 0 Å². The molecule has 0 spiro atoms. The molecule has 4 nitrogen and oxygen atoms in total. The summed E-state index contributed by atoms with van der Waals surface area (Å²) in [6, 6.07) is 68.1. The summed E-state index contributed by atoms with van der Waals surface area (Å²) in [5.74, 6) is 0. The molecule has 0 saturated carbocycles. The number of rotatable bonds is 8. The predicted octanol–water partition coefficient (Wildman–Crippen LogP) is 13.8. The van der Waals surface area contributed by atoms with Crippen LogP contribution >= 0.6 is 0 Å². The van der Waals surface area contributed by atoms with E-state index in [1.807, 2.05) is 24.5 Å². The largest absolute Gasteiger partial charge is 0.264 e. The zero-order valence-corrected chi connectivity index (χ0v) is 31.6. The smallest absolute Gasteiger partial charge is 0.0979 e. The molecule has 4 heteroatoms. The molecule has 0 aliphatic carbocycles. The normalized spacial score (nSPS) is 11.1. The Bertz CT molecular complexity index is 2790. The van der Waals surface area contributed by atoms with E-state index in [1.165, 1.54) is 0 Å². The van der Waals surface area contributed by atoms with E-state index in [1.54, 1.807) is 12.4 Å². The lowest BCUT2D eigenvalue weighted by molar-refractivity contribution is 1.29. The molecule has 0 amide bonds. The first-order valence-corrected chi connectivity index (χ1v) is 19.4. The number of nitrogens with zero attached hydrogens (tertiary/aromatic N) is 4. The van der Waals surface area contributed by atoms with Gasteiger partial charge in [-0.25, -0.2) is 9.97 Å². The van der Waals surface area contributed by atoms with Crippen molar-refractivity contribution < 1.29 is 0 Å². The molecule has 0 bridgehead atoms. The maximum atomic E-state index is 5.72. The van der Waals surface area contributed by atoms with Gasteiger partial charge in [0.15, 0.2) is 0 Å². The van der Waals surface area contributed by atoms with Crippen molar-refractivity contribution in [1.29, 1.82) is 0 Å². The minimum Gasteiger partial charge on any atom is -0.264 e. The Balaban J connectivity index is 1.26. The van der Waals surface area contributed by atoms with Gasteiger partial charge in [0.05, 0.1) is 22.4 Å². The second-order valence-electron chi connectivity index (χ2n) is 14.2. The lowest BCUT2D eigenvalue weighted by Crippen LogP contribution is -2.00. The van der Waals surface area contributed by atoms with E-state index in [4.69, 9.17) is 9.97 Å². The second-order valence-corrected chi connectivity index (χ2v) is 14.2. The van der Waals surface area contributed by atoms with Gasteiger partial charge in [-0.15, -0.1) is 0 Å². The van der Waals surface area contributed by atoms with E-state index in [2.05, 4.69) is 192 Å². The second kappa shape index (κ2) is 15.4. The third-order valence-corrected chi connectivity index (χ3v) is 10.7. The Hall–Kier alpha value is -7.82. The summed E-state index contributed by atoms with van der Waals surface area (Å²) in [6.07, 6.45) is 7.39. The number of benzene rings is 7. The highest BCUT2D eigenvalue weighted by molar-refractivity contribution is 6.06. The van der Waals surface area contributed by atoms with Crippen molar-refractivity contribution in [2.75, 3.05) is 0 Å². The van der Waals surface area contributed by atoms with Crippen LogP contribution in [-0.4, -0.2) is 19.9 Å². The molecule has 272 valence electrons. The molecule has 0 aliphatic heterocycles. The van der Waals surface area contributed by atoms with Crippen molar-refractivity contribution in [2.24, 2.45) is 0 Å². The monoisotopic (exact) mass is 740 g/mol. The van der Waals surface area contributed by atoms with Gasteiger partial charge in [-0.3, -0.25) is 9.97 Å². The van der Waals surface area contributed by atoms with Crippen LogP contribution in [0.15, 0.2) is 219 Å². The molecule has 0 N–H and O–H groups in total. The average Bonchev–Trinajstić information content (AvgIpc) is 3.32. The molecular weight excluding hydrogens is 705 g/mol. The van der Waals surface area contributed by atoms with Crippen molar-refractivity contribution >= 4 is 11.0 Å². The van der Waals surface area contributed by atoms with Gasteiger partial charge in [0.25, 0.3) is 0 Å². The third-order valence-electron chi connectivity index (χ3n) is 10.7. The van der Waals surface area contributed by atoms with Crippen molar-refractivity contribution in [2.45, 2.75) is 0 Å². The molecule has 0 fully saturated rings. The first-order valence-electron chi connectivity index (χ1n) is 19.4. The lowest BCUT2D eigenvalue weighted by atomic mass is 9.89. The van der Waals surface area contributed by atoms with Crippen LogP contribution in [0.5, 0.6) is 0 Å². The minimum atomic E-state index is 0.811. The number of fused-ring (bicyclic) bond motifs is 1. The Labute approximate surface area is 337 Å². The Morgan fingerprint density at radius 1 is 0.224 bits per heavy atom. The molecule has 58 heavy (non-hydrogen) atoms. The molecule has 0 unspecified atom stereocenters. The summed E-state index contributed by atoms with van der Waals surface area (Å²) in [5, 5.41) is 0. The van der Waals surface area contributed by atoms with Crippen LogP contribution in [0.2, 0.25) is 0 Å². The van der Waals surface area contributed by atoms with Gasteiger partial charge in [0.1, 0.15) is 0 Å². The predicted molar refractivity (Wildman–Crippen MR) is 239 cm³/mol. The van der Waals surface area contributed by atoms with Gasteiger partial charge >= 0.3 is 0 Å². The SMILES string of the molecule is c1ccc(-c2ccccc2-c2ccc(-c3ccccc3-c3ccccc3)c3nc(-c4ccc(-c5cccnc5)cc4)c(-c4ccc(-c5cccnc5)cc4)nc23)cc1. The van der Waals surface area contributed by atoms with E-state index < -0.39 is 0 Å². The van der Waals surface area contributed by atoms with Gasteiger partial charge in [-0.2, -0.15) is 0 Å². The standard InChI is InChI=1S/C54H36N4/c1-3-13-39(14-4-1)45-19-7-9-21-47(45)49-31-32-50(48-22-10-8-20-46(48)40-15-5-2-6-16-40)54-53(49)57-51(41-27-23-37(24-28-41)43-17-11-33-55-35-43)52(58-54)42-29-25-38(26-30-42)44-18-12-34-56-36-44/h1-36H. The lowest BCUT2D eigenvalue weighted by Gasteiger charge is -2.19. The Kier molecular flexibility index (Phi) is 9.18. The molecular formula is C54H36N4. The van der Waals surface area contributed by atoms with E-state index >= 15 is 0 Å². The topological polar surface area (TPSA) is 51.6 Å². The Morgan fingerprint density at radius 3 is 0.948 bits per heavy atom. The number of hydrogen-bond acceptors (Lipinski definition) is 4. The van der Waals surface area contributed by atoms with Crippen molar-refractivity contribution in [3.8, 4) is 89.3 Å². The summed E-state index contributed by atoms with van der Waals surface area (Å²) in [4.78, 5) is 20.2. The van der Waals surface area contributed by atoms with E-state index in [-0.39, 0.29) is 0 Å². The van der Waals surface area contributed by atoms with Crippen LogP contribution in [0.3, 0.4) is 0 Å². The quantitative estimate of drug-likeness (QED) is 0.156. The fourth-order valence-electron chi connectivity index (χ4n) is 7.86.